The van der Waals surface area contributed by atoms with E-state index in [1.165, 1.54) is 19.3 Å². The molecule has 1 aliphatic carbocycles. The Bertz CT molecular complexity index is 552. The predicted molar refractivity (Wildman–Crippen MR) is 82.7 cm³/mol. The van der Waals surface area contributed by atoms with Crippen LogP contribution in [-0.4, -0.2) is 16.7 Å². The second-order valence-electron chi connectivity index (χ2n) is 5.96. The van der Waals surface area contributed by atoms with Crippen LogP contribution in [0.1, 0.15) is 50.3 Å². The number of aromatic nitrogens is 2. The molecule has 0 amide bonds. The molecule has 0 saturated heterocycles. The maximum absolute atomic E-state index is 5.91. The molecular weight excluding hydrogens is 262 g/mol. The number of hydrogen-bond acceptors (Lipinski definition) is 4. The molecule has 2 atom stereocenters. The summed E-state index contributed by atoms with van der Waals surface area (Å²) in [6.45, 7) is 0.800. The molecule has 2 N–H and O–H groups in total. The van der Waals surface area contributed by atoms with Gasteiger partial charge < -0.3 is 10.2 Å². The minimum absolute atomic E-state index is 0.415. The van der Waals surface area contributed by atoms with E-state index in [1.54, 1.807) is 0 Å². The molecular formula is C17H23N3O. The second-order valence-corrected chi connectivity index (χ2v) is 5.96. The molecule has 0 spiro atoms. The summed E-state index contributed by atoms with van der Waals surface area (Å²) in [6, 6.07) is 9.97. The number of nitrogens with two attached hydrogens (primary N) is 1. The van der Waals surface area contributed by atoms with Crippen molar-refractivity contribution in [2.75, 3.05) is 6.54 Å². The highest BCUT2D eigenvalue weighted by Gasteiger charge is 2.24. The predicted octanol–water partition coefficient (Wildman–Crippen LogP) is 3.75. The Morgan fingerprint density at radius 1 is 1.05 bits per heavy atom. The van der Waals surface area contributed by atoms with Crippen LogP contribution in [0.25, 0.3) is 11.5 Å². The van der Waals surface area contributed by atoms with E-state index >= 15 is 0 Å². The monoisotopic (exact) mass is 285 g/mol. The van der Waals surface area contributed by atoms with Crippen LogP contribution in [0.4, 0.5) is 0 Å². The maximum atomic E-state index is 5.91. The topological polar surface area (TPSA) is 64.9 Å². The van der Waals surface area contributed by atoms with Crippen LogP contribution >= 0.6 is 0 Å². The van der Waals surface area contributed by atoms with Gasteiger partial charge in [-0.1, -0.05) is 31.0 Å². The molecule has 21 heavy (non-hydrogen) atoms. The van der Waals surface area contributed by atoms with Gasteiger partial charge in [0.1, 0.15) is 0 Å². The Morgan fingerprint density at radius 2 is 1.90 bits per heavy atom. The van der Waals surface area contributed by atoms with Crippen molar-refractivity contribution in [2.24, 2.45) is 11.7 Å². The summed E-state index contributed by atoms with van der Waals surface area (Å²) in [5.74, 6) is 2.63. The first-order chi connectivity index (χ1) is 10.4. The quantitative estimate of drug-likeness (QED) is 0.869. The molecule has 1 heterocycles. The van der Waals surface area contributed by atoms with Gasteiger partial charge in [-0.25, -0.2) is 0 Å². The van der Waals surface area contributed by atoms with Crippen LogP contribution in [0.3, 0.4) is 0 Å². The summed E-state index contributed by atoms with van der Waals surface area (Å²) in [6.07, 6.45) is 7.18. The molecule has 2 aromatic rings. The van der Waals surface area contributed by atoms with Crippen molar-refractivity contribution < 1.29 is 4.42 Å². The van der Waals surface area contributed by atoms with Crippen molar-refractivity contribution in [1.29, 1.82) is 0 Å². The Balaban J connectivity index is 1.69. The van der Waals surface area contributed by atoms with E-state index in [0.717, 1.165) is 43.2 Å². The van der Waals surface area contributed by atoms with Crippen molar-refractivity contribution in [1.82, 2.24) is 10.2 Å². The lowest BCUT2D eigenvalue weighted by atomic mass is 9.95. The summed E-state index contributed by atoms with van der Waals surface area (Å²) < 4.78 is 5.91. The van der Waals surface area contributed by atoms with Crippen molar-refractivity contribution in [2.45, 2.75) is 44.4 Å². The summed E-state index contributed by atoms with van der Waals surface area (Å²) >= 11 is 0. The number of benzene rings is 1. The molecule has 1 fully saturated rings. The molecule has 112 valence electrons. The zero-order valence-electron chi connectivity index (χ0n) is 12.4. The zero-order valence-corrected chi connectivity index (χ0v) is 12.4. The van der Waals surface area contributed by atoms with Crippen molar-refractivity contribution in [3.8, 4) is 11.5 Å². The van der Waals surface area contributed by atoms with E-state index < -0.39 is 0 Å². The molecule has 2 unspecified atom stereocenters. The largest absolute Gasteiger partial charge is 0.420 e. The molecule has 4 heteroatoms. The summed E-state index contributed by atoms with van der Waals surface area (Å²) in [7, 11) is 0. The third-order valence-corrected chi connectivity index (χ3v) is 4.47. The van der Waals surface area contributed by atoms with Gasteiger partial charge in [0.15, 0.2) is 0 Å². The average Bonchev–Trinajstić information content (AvgIpc) is 2.90. The normalized spacial score (nSPS) is 22.9. The van der Waals surface area contributed by atoms with Crippen molar-refractivity contribution in [3.63, 3.8) is 0 Å². The van der Waals surface area contributed by atoms with Gasteiger partial charge in [0.05, 0.1) is 0 Å². The van der Waals surface area contributed by atoms with Crippen molar-refractivity contribution >= 4 is 0 Å². The lowest BCUT2D eigenvalue weighted by Gasteiger charge is -2.12. The zero-order chi connectivity index (χ0) is 14.5. The lowest BCUT2D eigenvalue weighted by Crippen LogP contribution is -2.08. The Kier molecular flexibility index (Phi) is 4.65. The van der Waals surface area contributed by atoms with Gasteiger partial charge in [0.25, 0.3) is 0 Å². The van der Waals surface area contributed by atoms with Crippen LogP contribution in [0.15, 0.2) is 34.7 Å². The van der Waals surface area contributed by atoms with Gasteiger partial charge in [0.2, 0.25) is 11.8 Å². The first-order valence-electron chi connectivity index (χ1n) is 7.95. The molecule has 1 aliphatic rings. The summed E-state index contributed by atoms with van der Waals surface area (Å²) in [4.78, 5) is 0. The first kappa shape index (κ1) is 14.3. The van der Waals surface area contributed by atoms with Gasteiger partial charge in [-0.15, -0.1) is 10.2 Å². The highest BCUT2D eigenvalue weighted by atomic mass is 16.4. The van der Waals surface area contributed by atoms with Gasteiger partial charge >= 0.3 is 0 Å². The fourth-order valence-electron chi connectivity index (χ4n) is 3.25. The van der Waals surface area contributed by atoms with Gasteiger partial charge in [0, 0.05) is 11.5 Å². The minimum Gasteiger partial charge on any atom is -0.420 e. The third-order valence-electron chi connectivity index (χ3n) is 4.47. The lowest BCUT2D eigenvalue weighted by molar-refractivity contribution is 0.408. The molecule has 4 nitrogen and oxygen atoms in total. The number of hydrogen-bond donors (Lipinski definition) is 1. The van der Waals surface area contributed by atoms with Crippen LogP contribution in [-0.2, 0) is 0 Å². The fraction of sp³-hybridized carbons (Fsp3) is 0.529. The van der Waals surface area contributed by atoms with Crippen LogP contribution in [0, 0.1) is 5.92 Å². The average molecular weight is 285 g/mol. The SMILES string of the molecule is NCCC1CCCC(c2nnc(-c3ccccc3)o2)CC1. The van der Waals surface area contributed by atoms with Gasteiger partial charge in [-0.05, 0) is 50.3 Å². The Hall–Kier alpha value is -1.68. The number of rotatable bonds is 4. The number of nitrogens with zero attached hydrogens (tertiary/aromatic N) is 2. The van der Waals surface area contributed by atoms with Crippen LogP contribution in [0.2, 0.25) is 0 Å². The molecule has 0 radical (unpaired) electrons. The molecule has 1 aromatic heterocycles. The van der Waals surface area contributed by atoms with E-state index in [9.17, 15) is 0 Å². The van der Waals surface area contributed by atoms with Crippen molar-refractivity contribution in [3.05, 3.63) is 36.2 Å². The van der Waals surface area contributed by atoms with E-state index in [2.05, 4.69) is 10.2 Å². The van der Waals surface area contributed by atoms with Gasteiger partial charge in [-0.2, -0.15) is 0 Å². The molecule has 3 rings (SSSR count). The molecule has 1 saturated carbocycles. The van der Waals surface area contributed by atoms with Crippen LogP contribution < -0.4 is 5.73 Å². The molecule has 1 aromatic carbocycles. The highest BCUT2D eigenvalue weighted by Crippen LogP contribution is 2.35. The second kappa shape index (κ2) is 6.85. The summed E-state index contributed by atoms with van der Waals surface area (Å²) in [5, 5.41) is 8.50. The van der Waals surface area contributed by atoms with E-state index in [-0.39, 0.29) is 0 Å². The maximum Gasteiger partial charge on any atom is 0.247 e. The third kappa shape index (κ3) is 3.50. The van der Waals surface area contributed by atoms with E-state index in [4.69, 9.17) is 10.2 Å². The fourth-order valence-corrected chi connectivity index (χ4v) is 3.25. The summed E-state index contributed by atoms with van der Waals surface area (Å²) in [5.41, 5.74) is 6.67. The van der Waals surface area contributed by atoms with Crippen LogP contribution in [0.5, 0.6) is 0 Å². The molecule has 0 bridgehead atoms. The van der Waals surface area contributed by atoms with Gasteiger partial charge in [-0.3, -0.25) is 0 Å². The minimum atomic E-state index is 0.415. The first-order valence-corrected chi connectivity index (χ1v) is 7.95. The highest BCUT2D eigenvalue weighted by molar-refractivity contribution is 5.51. The van der Waals surface area contributed by atoms with E-state index in [0.29, 0.717) is 11.8 Å². The Labute approximate surface area is 125 Å². The van der Waals surface area contributed by atoms with E-state index in [1.807, 2.05) is 30.3 Å². The standard InChI is InChI=1S/C17H23N3O/c18-12-11-13-5-4-8-15(10-9-13)17-20-19-16(21-17)14-6-2-1-3-7-14/h1-3,6-7,13,15H,4-5,8-12,18H2. The smallest absolute Gasteiger partial charge is 0.247 e. The molecule has 0 aliphatic heterocycles. The Morgan fingerprint density at radius 3 is 2.71 bits per heavy atom.